The lowest BCUT2D eigenvalue weighted by Gasteiger charge is -2.09. The van der Waals surface area contributed by atoms with Crippen LogP contribution in [0.4, 0.5) is 0 Å². The van der Waals surface area contributed by atoms with Crippen LogP contribution in [0.3, 0.4) is 0 Å². The summed E-state index contributed by atoms with van der Waals surface area (Å²) >= 11 is 9.52. The van der Waals surface area contributed by atoms with E-state index in [-0.39, 0.29) is 10.8 Å². The first-order valence-corrected chi connectivity index (χ1v) is 7.72. The Morgan fingerprint density at radius 2 is 1.95 bits per heavy atom. The van der Waals surface area contributed by atoms with E-state index >= 15 is 0 Å². The van der Waals surface area contributed by atoms with Crippen LogP contribution in [0.25, 0.3) is 11.2 Å². The zero-order valence-corrected chi connectivity index (χ0v) is 13.9. The molecule has 0 bridgehead atoms. The summed E-state index contributed by atoms with van der Waals surface area (Å²) in [5.41, 5.74) is 2.30. The van der Waals surface area contributed by atoms with E-state index in [1.165, 1.54) is 0 Å². The first-order chi connectivity index (χ1) is 8.80. The van der Waals surface area contributed by atoms with Crippen LogP contribution in [-0.4, -0.2) is 14.5 Å². The maximum absolute atomic E-state index is 6.08. The van der Waals surface area contributed by atoms with Gasteiger partial charge < -0.3 is 4.57 Å². The Labute approximate surface area is 126 Å². The Bertz CT molecular complexity index is 646. The van der Waals surface area contributed by atoms with Gasteiger partial charge in [0.2, 0.25) is 0 Å². The molecule has 0 N–H and O–H groups in total. The maximum atomic E-state index is 6.08. The molecule has 5 heteroatoms. The molecule has 0 aromatic carbocycles. The maximum Gasteiger partial charge on any atom is 0.160 e. The summed E-state index contributed by atoms with van der Waals surface area (Å²) in [5.74, 6) is 1.32. The SMILES string of the molecule is CC1(C)C(n2c(CCl)nc3cc(Br)cnc32)C1(C)C. The van der Waals surface area contributed by atoms with Crippen LogP contribution in [0.5, 0.6) is 0 Å². The van der Waals surface area contributed by atoms with Crippen molar-refractivity contribution in [3.8, 4) is 0 Å². The number of pyridine rings is 1. The average Bonchev–Trinajstić information content (AvgIpc) is 2.63. The van der Waals surface area contributed by atoms with E-state index in [9.17, 15) is 0 Å². The Hall–Kier alpha value is -0.610. The fraction of sp³-hybridized carbons (Fsp3) is 0.571. The lowest BCUT2D eigenvalue weighted by atomic mass is 10.0. The summed E-state index contributed by atoms with van der Waals surface area (Å²) in [6.07, 6.45) is 1.82. The third-order valence-electron chi connectivity index (χ3n) is 4.89. The molecule has 0 aliphatic heterocycles. The van der Waals surface area contributed by atoms with Gasteiger partial charge in [-0.1, -0.05) is 27.7 Å². The molecule has 2 aromatic rings. The van der Waals surface area contributed by atoms with Gasteiger partial charge in [-0.2, -0.15) is 0 Å². The fourth-order valence-corrected chi connectivity index (χ4v) is 3.68. The summed E-state index contributed by atoms with van der Waals surface area (Å²) in [4.78, 5) is 9.16. The number of nitrogens with zero attached hydrogens (tertiary/aromatic N) is 3. The second-order valence-corrected chi connectivity index (χ2v) is 7.56. The number of halogens is 2. The highest BCUT2D eigenvalue weighted by Gasteiger charge is 2.66. The molecular weight excluding hydrogens is 326 g/mol. The van der Waals surface area contributed by atoms with Crippen molar-refractivity contribution in [2.75, 3.05) is 0 Å². The van der Waals surface area contributed by atoms with Crippen LogP contribution >= 0.6 is 27.5 Å². The summed E-state index contributed by atoms with van der Waals surface area (Å²) in [7, 11) is 0. The minimum atomic E-state index is 0.232. The van der Waals surface area contributed by atoms with Crippen molar-refractivity contribution in [3.63, 3.8) is 0 Å². The van der Waals surface area contributed by atoms with E-state index in [0.717, 1.165) is 21.5 Å². The molecule has 102 valence electrons. The number of rotatable bonds is 2. The van der Waals surface area contributed by atoms with Crippen LogP contribution in [0, 0.1) is 10.8 Å². The third-order valence-corrected chi connectivity index (χ3v) is 5.56. The van der Waals surface area contributed by atoms with Crippen molar-refractivity contribution in [2.45, 2.75) is 39.6 Å². The van der Waals surface area contributed by atoms with Gasteiger partial charge in [0.05, 0.1) is 5.88 Å². The van der Waals surface area contributed by atoms with Crippen LogP contribution in [0.15, 0.2) is 16.7 Å². The molecule has 2 heterocycles. The van der Waals surface area contributed by atoms with E-state index in [0.29, 0.717) is 11.9 Å². The highest BCUT2D eigenvalue weighted by Crippen LogP contribution is 2.72. The molecular formula is C14H17BrClN3. The highest BCUT2D eigenvalue weighted by molar-refractivity contribution is 9.10. The predicted octanol–water partition coefficient (Wildman–Crippen LogP) is 4.54. The van der Waals surface area contributed by atoms with Crippen molar-refractivity contribution in [1.82, 2.24) is 14.5 Å². The summed E-state index contributed by atoms with van der Waals surface area (Å²) in [6.45, 7) is 9.17. The van der Waals surface area contributed by atoms with E-state index in [4.69, 9.17) is 11.6 Å². The van der Waals surface area contributed by atoms with Crippen LogP contribution in [0.2, 0.25) is 0 Å². The molecule has 0 radical (unpaired) electrons. The van der Waals surface area contributed by atoms with Crippen molar-refractivity contribution in [3.05, 3.63) is 22.6 Å². The van der Waals surface area contributed by atoms with E-state index in [1.807, 2.05) is 12.3 Å². The van der Waals surface area contributed by atoms with Gasteiger partial charge >= 0.3 is 0 Å². The van der Waals surface area contributed by atoms with E-state index in [2.05, 4.69) is 58.2 Å². The lowest BCUT2D eigenvalue weighted by Crippen LogP contribution is -2.05. The Morgan fingerprint density at radius 1 is 1.32 bits per heavy atom. The molecule has 3 nitrogen and oxygen atoms in total. The van der Waals surface area contributed by atoms with Gasteiger partial charge in [0.25, 0.3) is 0 Å². The molecule has 1 fully saturated rings. The monoisotopic (exact) mass is 341 g/mol. The summed E-state index contributed by atoms with van der Waals surface area (Å²) < 4.78 is 3.18. The summed E-state index contributed by atoms with van der Waals surface area (Å²) in [5, 5.41) is 0. The normalized spacial score (nSPS) is 20.9. The number of aromatic nitrogens is 3. The van der Waals surface area contributed by atoms with Crippen molar-refractivity contribution < 1.29 is 0 Å². The van der Waals surface area contributed by atoms with Crippen LogP contribution in [0.1, 0.15) is 39.6 Å². The number of imidazole rings is 1. The van der Waals surface area contributed by atoms with Crippen molar-refractivity contribution in [1.29, 1.82) is 0 Å². The smallest absolute Gasteiger partial charge is 0.160 e. The zero-order valence-electron chi connectivity index (χ0n) is 11.5. The standard InChI is InChI=1S/C14H17BrClN3/c1-13(2)12(14(13,3)4)19-10(6-16)18-9-5-8(15)7-17-11(9)19/h5,7,12H,6H2,1-4H3. The van der Waals surface area contributed by atoms with Gasteiger partial charge in [0.15, 0.2) is 5.65 Å². The third kappa shape index (κ3) is 1.69. The molecule has 0 atom stereocenters. The van der Waals surface area contributed by atoms with Crippen LogP contribution in [-0.2, 0) is 5.88 Å². The molecule has 1 saturated carbocycles. The Kier molecular flexibility index (Phi) is 2.78. The highest BCUT2D eigenvalue weighted by atomic mass is 79.9. The molecule has 1 aliphatic carbocycles. The quantitative estimate of drug-likeness (QED) is 0.750. The minimum absolute atomic E-state index is 0.232. The predicted molar refractivity (Wildman–Crippen MR) is 81.4 cm³/mol. The molecule has 3 rings (SSSR count). The van der Waals surface area contributed by atoms with Gasteiger partial charge in [-0.25, -0.2) is 9.97 Å². The van der Waals surface area contributed by atoms with Gasteiger partial charge in [0.1, 0.15) is 11.3 Å². The molecule has 0 amide bonds. The molecule has 2 aromatic heterocycles. The molecule has 19 heavy (non-hydrogen) atoms. The fourth-order valence-electron chi connectivity index (χ4n) is 3.18. The number of alkyl halides is 1. The average molecular weight is 343 g/mol. The van der Waals surface area contributed by atoms with E-state index < -0.39 is 0 Å². The Balaban J connectivity index is 2.24. The number of fused-ring (bicyclic) bond motifs is 1. The van der Waals surface area contributed by atoms with Gasteiger partial charge in [-0.15, -0.1) is 11.6 Å². The second kappa shape index (κ2) is 3.95. The molecule has 0 spiro atoms. The van der Waals surface area contributed by atoms with Crippen molar-refractivity contribution >= 4 is 38.7 Å². The topological polar surface area (TPSA) is 30.7 Å². The molecule has 1 aliphatic rings. The second-order valence-electron chi connectivity index (χ2n) is 6.37. The van der Waals surface area contributed by atoms with Crippen molar-refractivity contribution in [2.24, 2.45) is 10.8 Å². The Morgan fingerprint density at radius 3 is 2.47 bits per heavy atom. The summed E-state index contributed by atoms with van der Waals surface area (Å²) in [6, 6.07) is 2.39. The van der Waals surface area contributed by atoms with Gasteiger partial charge in [-0.3, -0.25) is 0 Å². The first kappa shape index (κ1) is 13.4. The molecule has 0 unspecified atom stereocenters. The van der Waals surface area contributed by atoms with E-state index in [1.54, 1.807) is 0 Å². The van der Waals surface area contributed by atoms with Gasteiger partial charge in [-0.05, 0) is 32.8 Å². The number of hydrogen-bond donors (Lipinski definition) is 0. The van der Waals surface area contributed by atoms with Gasteiger partial charge in [0, 0.05) is 16.7 Å². The first-order valence-electron chi connectivity index (χ1n) is 6.39. The largest absolute Gasteiger partial charge is 0.307 e. The zero-order chi connectivity index (χ0) is 14.0. The molecule has 0 saturated heterocycles. The number of hydrogen-bond acceptors (Lipinski definition) is 2. The van der Waals surface area contributed by atoms with Crippen LogP contribution < -0.4 is 0 Å². The minimum Gasteiger partial charge on any atom is -0.307 e. The lowest BCUT2D eigenvalue weighted by molar-refractivity contribution is 0.457.